The van der Waals surface area contributed by atoms with Gasteiger partial charge < -0.3 is 10.2 Å². The number of benzene rings is 1. The molecule has 0 spiro atoms. The molecule has 0 fully saturated rings. The van der Waals surface area contributed by atoms with Gasteiger partial charge in [-0.25, -0.2) is 4.98 Å². The lowest BCUT2D eigenvalue weighted by Crippen LogP contribution is -2.39. The molecule has 2 rings (SSSR count). The lowest BCUT2D eigenvalue weighted by Gasteiger charge is -2.19. The molecule has 0 saturated carbocycles. The number of nitrogens with zero attached hydrogens (tertiary/aromatic N) is 2. The van der Waals surface area contributed by atoms with Crippen molar-refractivity contribution in [2.24, 2.45) is 0 Å². The van der Waals surface area contributed by atoms with E-state index < -0.39 is 0 Å². The Bertz CT molecular complexity index is 713. The zero-order valence-corrected chi connectivity index (χ0v) is 14.8. The number of carbonyl (C=O) groups is 2. The van der Waals surface area contributed by atoms with Crippen LogP contribution in [0.2, 0.25) is 5.02 Å². The van der Waals surface area contributed by atoms with Gasteiger partial charge in [-0.05, 0) is 26.0 Å². The molecule has 1 aromatic carbocycles. The molecule has 1 aromatic heterocycles. The molecule has 0 bridgehead atoms. The molecule has 1 heterocycles. The van der Waals surface area contributed by atoms with Crippen molar-refractivity contribution in [2.45, 2.75) is 13.8 Å². The Labute approximate surface area is 144 Å². The number of carbonyl (C=O) groups excluding carboxylic acids is 2. The van der Waals surface area contributed by atoms with Gasteiger partial charge in [0.1, 0.15) is 9.88 Å². The Balaban J connectivity index is 2.27. The number of thiazole rings is 1. The molecule has 7 heteroatoms. The predicted molar refractivity (Wildman–Crippen MR) is 92.9 cm³/mol. The fourth-order valence-electron chi connectivity index (χ4n) is 2.03. The standard InChI is InChI=1S/C16H18ClN3O2S/c1-4-20(9-13(21)18-3)16(22)14-10(2)19-15(23-14)11-5-7-12(17)8-6-11/h5-8H,4,9H2,1-3H3,(H,18,21). The topological polar surface area (TPSA) is 62.3 Å². The van der Waals surface area contributed by atoms with Crippen LogP contribution in [-0.4, -0.2) is 41.8 Å². The number of halogens is 1. The highest BCUT2D eigenvalue weighted by Crippen LogP contribution is 2.29. The van der Waals surface area contributed by atoms with Crippen molar-refractivity contribution in [3.63, 3.8) is 0 Å². The summed E-state index contributed by atoms with van der Waals surface area (Å²) in [6, 6.07) is 7.33. The zero-order valence-electron chi connectivity index (χ0n) is 13.2. The molecule has 2 aromatic rings. The molecule has 0 saturated heterocycles. The summed E-state index contributed by atoms with van der Waals surface area (Å²) in [6.07, 6.45) is 0. The molecule has 0 atom stereocenters. The van der Waals surface area contributed by atoms with Crippen molar-refractivity contribution >= 4 is 34.8 Å². The molecule has 0 aliphatic heterocycles. The maximum Gasteiger partial charge on any atom is 0.266 e. The van der Waals surface area contributed by atoms with Crippen LogP contribution in [0.3, 0.4) is 0 Å². The first-order chi connectivity index (χ1) is 11.0. The van der Waals surface area contributed by atoms with Crippen LogP contribution in [0.1, 0.15) is 22.3 Å². The number of amides is 2. The lowest BCUT2D eigenvalue weighted by molar-refractivity contribution is -0.121. The van der Waals surface area contributed by atoms with Crippen LogP contribution in [0, 0.1) is 6.92 Å². The third kappa shape index (κ3) is 4.09. The van der Waals surface area contributed by atoms with Gasteiger partial charge in [-0.3, -0.25) is 9.59 Å². The van der Waals surface area contributed by atoms with E-state index in [1.807, 2.05) is 19.1 Å². The van der Waals surface area contributed by atoms with Crippen molar-refractivity contribution in [3.05, 3.63) is 39.9 Å². The van der Waals surface area contributed by atoms with Gasteiger partial charge in [0.2, 0.25) is 5.91 Å². The normalized spacial score (nSPS) is 10.4. The SMILES string of the molecule is CCN(CC(=O)NC)C(=O)c1sc(-c2ccc(Cl)cc2)nc1C. The summed E-state index contributed by atoms with van der Waals surface area (Å²) >= 11 is 7.22. The van der Waals surface area contributed by atoms with Gasteiger partial charge in [0.25, 0.3) is 5.91 Å². The number of likely N-dealkylation sites (N-methyl/N-ethyl adjacent to an activating group) is 2. The summed E-state index contributed by atoms with van der Waals surface area (Å²) in [7, 11) is 1.55. The van der Waals surface area contributed by atoms with Crippen LogP contribution in [0.15, 0.2) is 24.3 Å². The Kier molecular flexibility index (Phi) is 5.74. The minimum Gasteiger partial charge on any atom is -0.358 e. The molecule has 0 aliphatic rings. The van der Waals surface area contributed by atoms with Gasteiger partial charge in [0.15, 0.2) is 0 Å². The fourth-order valence-corrected chi connectivity index (χ4v) is 3.20. The number of hydrogen-bond acceptors (Lipinski definition) is 4. The number of nitrogens with one attached hydrogen (secondary N) is 1. The molecule has 0 unspecified atom stereocenters. The van der Waals surface area contributed by atoms with Gasteiger partial charge in [0, 0.05) is 24.2 Å². The first-order valence-electron chi connectivity index (χ1n) is 7.19. The Morgan fingerprint density at radius 1 is 1.30 bits per heavy atom. The van der Waals surface area contributed by atoms with Crippen LogP contribution in [0.4, 0.5) is 0 Å². The summed E-state index contributed by atoms with van der Waals surface area (Å²) < 4.78 is 0. The van der Waals surface area contributed by atoms with E-state index in [4.69, 9.17) is 11.6 Å². The molecule has 0 radical (unpaired) electrons. The average molecular weight is 352 g/mol. The summed E-state index contributed by atoms with van der Waals surface area (Å²) in [4.78, 5) is 30.7. The van der Waals surface area contributed by atoms with Gasteiger partial charge in [-0.1, -0.05) is 23.7 Å². The number of aromatic nitrogens is 1. The van der Waals surface area contributed by atoms with E-state index in [0.29, 0.717) is 22.1 Å². The summed E-state index contributed by atoms with van der Waals surface area (Å²) in [5, 5.41) is 3.95. The third-order valence-electron chi connectivity index (χ3n) is 3.36. The average Bonchev–Trinajstić information content (AvgIpc) is 2.94. The lowest BCUT2D eigenvalue weighted by atomic mass is 10.2. The van der Waals surface area contributed by atoms with Crippen LogP contribution in [0.25, 0.3) is 10.6 Å². The van der Waals surface area contributed by atoms with Crippen LogP contribution < -0.4 is 5.32 Å². The Hall–Kier alpha value is -1.92. The molecule has 23 heavy (non-hydrogen) atoms. The second-order valence-electron chi connectivity index (χ2n) is 4.93. The second-order valence-corrected chi connectivity index (χ2v) is 6.37. The van der Waals surface area contributed by atoms with Crippen molar-refractivity contribution in [2.75, 3.05) is 20.1 Å². The van der Waals surface area contributed by atoms with Crippen molar-refractivity contribution in [1.29, 1.82) is 0 Å². The quantitative estimate of drug-likeness (QED) is 0.900. The molecule has 5 nitrogen and oxygen atoms in total. The first-order valence-corrected chi connectivity index (χ1v) is 8.39. The van der Waals surface area contributed by atoms with E-state index in [0.717, 1.165) is 10.6 Å². The van der Waals surface area contributed by atoms with E-state index in [-0.39, 0.29) is 18.4 Å². The Morgan fingerprint density at radius 2 is 1.96 bits per heavy atom. The maximum absolute atomic E-state index is 12.6. The van der Waals surface area contributed by atoms with E-state index in [1.54, 1.807) is 26.1 Å². The smallest absolute Gasteiger partial charge is 0.266 e. The molecule has 0 aliphatic carbocycles. The zero-order chi connectivity index (χ0) is 17.0. The van der Waals surface area contributed by atoms with Crippen LogP contribution in [0.5, 0.6) is 0 Å². The second kappa shape index (κ2) is 7.57. The van der Waals surface area contributed by atoms with E-state index in [1.165, 1.54) is 16.2 Å². The highest BCUT2D eigenvalue weighted by atomic mass is 35.5. The minimum absolute atomic E-state index is 0.0411. The van der Waals surface area contributed by atoms with Gasteiger partial charge in [-0.15, -0.1) is 11.3 Å². The molecular weight excluding hydrogens is 334 g/mol. The molecular formula is C16H18ClN3O2S. The maximum atomic E-state index is 12.6. The highest BCUT2D eigenvalue weighted by Gasteiger charge is 2.22. The first kappa shape index (κ1) is 17.4. The van der Waals surface area contributed by atoms with Gasteiger partial charge >= 0.3 is 0 Å². The van der Waals surface area contributed by atoms with Crippen molar-refractivity contribution in [3.8, 4) is 10.6 Å². The summed E-state index contributed by atoms with van der Waals surface area (Å²) in [5.74, 6) is -0.369. The minimum atomic E-state index is -0.194. The molecule has 1 N–H and O–H groups in total. The summed E-state index contributed by atoms with van der Waals surface area (Å²) in [6.45, 7) is 4.15. The van der Waals surface area contributed by atoms with Gasteiger partial charge in [0.05, 0.1) is 12.2 Å². The van der Waals surface area contributed by atoms with Crippen LogP contribution in [-0.2, 0) is 4.79 Å². The fraction of sp³-hybridized carbons (Fsp3) is 0.312. The Morgan fingerprint density at radius 3 is 2.52 bits per heavy atom. The summed E-state index contributed by atoms with van der Waals surface area (Å²) in [5.41, 5.74) is 1.58. The van der Waals surface area contributed by atoms with E-state index in [9.17, 15) is 9.59 Å². The predicted octanol–water partition coefficient (Wildman–Crippen LogP) is 2.98. The third-order valence-corrected chi connectivity index (χ3v) is 4.81. The number of hydrogen-bond donors (Lipinski definition) is 1. The number of aryl methyl sites for hydroxylation is 1. The van der Waals surface area contributed by atoms with E-state index >= 15 is 0 Å². The van der Waals surface area contributed by atoms with Crippen molar-refractivity contribution < 1.29 is 9.59 Å². The molecule has 2 amide bonds. The monoisotopic (exact) mass is 351 g/mol. The molecule has 122 valence electrons. The van der Waals surface area contributed by atoms with Gasteiger partial charge in [-0.2, -0.15) is 0 Å². The van der Waals surface area contributed by atoms with Crippen molar-refractivity contribution in [1.82, 2.24) is 15.2 Å². The van der Waals surface area contributed by atoms with Crippen LogP contribution >= 0.6 is 22.9 Å². The highest BCUT2D eigenvalue weighted by molar-refractivity contribution is 7.17. The largest absolute Gasteiger partial charge is 0.358 e. The van der Waals surface area contributed by atoms with E-state index in [2.05, 4.69) is 10.3 Å². The number of rotatable bonds is 5.